The Kier molecular flexibility index (Phi) is 5.64. The lowest BCUT2D eigenvalue weighted by atomic mass is 10.1. The van der Waals surface area contributed by atoms with E-state index in [2.05, 4.69) is 4.98 Å². The normalized spacial score (nSPS) is 18.6. The Morgan fingerprint density at radius 3 is 3.00 bits per heavy atom. The minimum atomic E-state index is -2.54. The molecule has 0 radical (unpaired) electrons. The number of halogens is 2. The molecule has 1 saturated heterocycles. The van der Waals surface area contributed by atoms with E-state index in [0.717, 1.165) is 19.4 Å². The number of unbranched alkanes of at least 4 members (excludes halogenated alkanes) is 1. The molecule has 0 N–H and O–H groups in total. The van der Waals surface area contributed by atoms with Gasteiger partial charge in [0.25, 0.3) is 5.92 Å². The molecule has 1 fully saturated rings. The van der Waals surface area contributed by atoms with E-state index in [1.165, 1.54) is 11.3 Å². The number of carbonyl (C=O) groups excluding carboxylic acids is 1. The number of thiazole rings is 1. The van der Waals surface area contributed by atoms with Crippen molar-refractivity contribution >= 4 is 22.4 Å². The van der Waals surface area contributed by atoms with Crippen LogP contribution < -0.4 is 4.90 Å². The molecule has 7 heteroatoms. The summed E-state index contributed by atoms with van der Waals surface area (Å²) in [4.78, 5) is 19.4. The van der Waals surface area contributed by atoms with Gasteiger partial charge in [-0.2, -0.15) is 0 Å². The summed E-state index contributed by atoms with van der Waals surface area (Å²) in [5, 5.41) is 2.52. The summed E-state index contributed by atoms with van der Waals surface area (Å²) in [6, 6.07) is 0. The molecule has 1 aromatic rings. The molecular weight excluding hydrogens is 296 g/mol. The Hall–Kier alpha value is -1.08. The number of alkyl halides is 2. The predicted octanol–water partition coefficient (Wildman–Crippen LogP) is 3.01. The van der Waals surface area contributed by atoms with Gasteiger partial charge in [0.1, 0.15) is 0 Å². The smallest absolute Gasteiger partial charge is 0.260 e. The number of amides is 1. The maximum Gasteiger partial charge on any atom is 0.260 e. The third kappa shape index (κ3) is 5.00. The van der Waals surface area contributed by atoms with Gasteiger partial charge in [0, 0.05) is 31.5 Å². The van der Waals surface area contributed by atoms with Crippen molar-refractivity contribution in [1.82, 2.24) is 9.88 Å². The van der Waals surface area contributed by atoms with Gasteiger partial charge >= 0.3 is 0 Å². The van der Waals surface area contributed by atoms with E-state index in [9.17, 15) is 13.6 Å². The van der Waals surface area contributed by atoms with Crippen LogP contribution in [0.5, 0.6) is 0 Å². The molecule has 2 heterocycles. The maximum atomic E-state index is 13.2. The number of piperidine rings is 1. The number of carbonyl (C=O) groups is 1. The van der Waals surface area contributed by atoms with Crippen molar-refractivity contribution in [3.8, 4) is 0 Å². The minimum Gasteiger partial charge on any atom is -0.297 e. The number of aromatic nitrogens is 1. The van der Waals surface area contributed by atoms with Gasteiger partial charge in [-0.05, 0) is 32.4 Å². The first-order valence-electron chi connectivity index (χ1n) is 7.24. The van der Waals surface area contributed by atoms with E-state index in [-0.39, 0.29) is 18.9 Å². The van der Waals surface area contributed by atoms with Gasteiger partial charge in [-0.15, -0.1) is 11.3 Å². The minimum absolute atomic E-state index is 0.000590. The van der Waals surface area contributed by atoms with Crippen LogP contribution >= 0.6 is 11.3 Å². The van der Waals surface area contributed by atoms with Crippen molar-refractivity contribution in [1.29, 1.82) is 0 Å². The Labute approximate surface area is 127 Å². The number of rotatable bonds is 6. The van der Waals surface area contributed by atoms with Gasteiger partial charge in [0.15, 0.2) is 5.13 Å². The average molecular weight is 317 g/mol. The van der Waals surface area contributed by atoms with Gasteiger partial charge in [0.2, 0.25) is 5.91 Å². The van der Waals surface area contributed by atoms with Gasteiger partial charge in [0.05, 0.1) is 6.54 Å². The van der Waals surface area contributed by atoms with Crippen LogP contribution in [0.2, 0.25) is 0 Å². The summed E-state index contributed by atoms with van der Waals surface area (Å²) in [6.07, 6.45) is 4.14. The van der Waals surface area contributed by atoms with Crippen molar-refractivity contribution in [2.24, 2.45) is 0 Å². The lowest BCUT2D eigenvalue weighted by molar-refractivity contribution is -0.118. The molecule has 0 aliphatic carbocycles. The van der Waals surface area contributed by atoms with Crippen LogP contribution in [0.25, 0.3) is 0 Å². The summed E-state index contributed by atoms with van der Waals surface area (Å²) in [5.74, 6) is -2.52. The molecular formula is C14H21F2N3OS. The predicted molar refractivity (Wildman–Crippen MR) is 80.0 cm³/mol. The Morgan fingerprint density at radius 1 is 1.52 bits per heavy atom. The van der Waals surface area contributed by atoms with Crippen LogP contribution in [-0.4, -0.2) is 48.4 Å². The van der Waals surface area contributed by atoms with E-state index in [1.54, 1.807) is 23.0 Å². The zero-order valence-electron chi connectivity index (χ0n) is 12.2. The monoisotopic (exact) mass is 317 g/mol. The molecule has 1 aliphatic rings. The molecule has 118 valence electrons. The second-order valence-corrected chi connectivity index (χ2v) is 6.33. The molecule has 21 heavy (non-hydrogen) atoms. The fraction of sp³-hybridized carbons (Fsp3) is 0.714. The van der Waals surface area contributed by atoms with Crippen LogP contribution in [0.15, 0.2) is 11.6 Å². The van der Waals surface area contributed by atoms with Crippen molar-refractivity contribution in [2.45, 2.75) is 38.0 Å². The summed E-state index contributed by atoms with van der Waals surface area (Å²) < 4.78 is 26.5. The second-order valence-electron chi connectivity index (χ2n) is 5.46. The number of hydrogen-bond donors (Lipinski definition) is 0. The van der Waals surface area contributed by atoms with Gasteiger partial charge < -0.3 is 0 Å². The number of anilines is 1. The quantitative estimate of drug-likeness (QED) is 0.757. The second kappa shape index (κ2) is 7.26. The van der Waals surface area contributed by atoms with Crippen LogP contribution in [0, 0.1) is 0 Å². The zero-order chi connectivity index (χ0) is 15.3. The van der Waals surface area contributed by atoms with E-state index < -0.39 is 5.92 Å². The Bertz CT molecular complexity index is 453. The van der Waals surface area contributed by atoms with E-state index >= 15 is 0 Å². The number of likely N-dealkylation sites (tertiary alicyclic amines) is 1. The van der Waals surface area contributed by atoms with Gasteiger partial charge in [-0.1, -0.05) is 0 Å². The highest BCUT2D eigenvalue weighted by molar-refractivity contribution is 7.13. The molecule has 1 aromatic heterocycles. The van der Waals surface area contributed by atoms with Crippen molar-refractivity contribution in [2.75, 3.05) is 31.6 Å². The molecule has 0 unspecified atom stereocenters. The first kappa shape index (κ1) is 16.3. The zero-order valence-corrected chi connectivity index (χ0v) is 13.0. The van der Waals surface area contributed by atoms with Crippen LogP contribution in [0.1, 0.15) is 32.1 Å². The molecule has 0 aromatic carbocycles. The Morgan fingerprint density at radius 2 is 2.33 bits per heavy atom. The molecule has 1 amide bonds. The first-order valence-corrected chi connectivity index (χ1v) is 8.12. The van der Waals surface area contributed by atoms with Crippen molar-refractivity contribution < 1.29 is 13.6 Å². The SMILES string of the molecule is CN(C(=O)CCCCN1CCCC(F)(F)C1)c1nccs1. The molecule has 0 atom stereocenters. The lowest BCUT2D eigenvalue weighted by Crippen LogP contribution is -2.42. The molecule has 0 spiro atoms. The molecule has 1 aliphatic heterocycles. The lowest BCUT2D eigenvalue weighted by Gasteiger charge is -2.32. The van der Waals surface area contributed by atoms with Gasteiger partial charge in [-0.3, -0.25) is 14.6 Å². The highest BCUT2D eigenvalue weighted by Gasteiger charge is 2.34. The third-order valence-corrected chi connectivity index (χ3v) is 4.51. The fourth-order valence-corrected chi connectivity index (χ4v) is 3.13. The number of nitrogens with zero attached hydrogens (tertiary/aromatic N) is 3. The highest BCUT2D eigenvalue weighted by Crippen LogP contribution is 2.26. The summed E-state index contributed by atoms with van der Waals surface area (Å²) >= 11 is 1.42. The molecule has 4 nitrogen and oxygen atoms in total. The van der Waals surface area contributed by atoms with E-state index in [4.69, 9.17) is 0 Å². The van der Waals surface area contributed by atoms with E-state index in [0.29, 0.717) is 24.5 Å². The number of hydrogen-bond acceptors (Lipinski definition) is 4. The first-order chi connectivity index (χ1) is 9.98. The van der Waals surface area contributed by atoms with Crippen molar-refractivity contribution in [3.63, 3.8) is 0 Å². The highest BCUT2D eigenvalue weighted by atomic mass is 32.1. The third-order valence-electron chi connectivity index (χ3n) is 3.67. The standard InChI is InChI=1S/C14H21F2N3OS/c1-18(13-17-7-10-21-13)12(20)5-2-3-8-19-9-4-6-14(15,16)11-19/h7,10H,2-6,8-9,11H2,1H3. The topological polar surface area (TPSA) is 36.4 Å². The van der Waals surface area contributed by atoms with Crippen LogP contribution in [0.4, 0.5) is 13.9 Å². The van der Waals surface area contributed by atoms with Crippen LogP contribution in [0.3, 0.4) is 0 Å². The van der Waals surface area contributed by atoms with Gasteiger partial charge in [-0.25, -0.2) is 13.8 Å². The average Bonchev–Trinajstić information content (AvgIpc) is 2.95. The maximum absolute atomic E-state index is 13.2. The summed E-state index contributed by atoms with van der Waals surface area (Å²) in [5.41, 5.74) is 0. The summed E-state index contributed by atoms with van der Waals surface area (Å²) in [6.45, 7) is 1.24. The summed E-state index contributed by atoms with van der Waals surface area (Å²) in [7, 11) is 1.71. The van der Waals surface area contributed by atoms with Crippen molar-refractivity contribution in [3.05, 3.63) is 11.6 Å². The molecule has 0 bridgehead atoms. The van der Waals surface area contributed by atoms with E-state index in [1.807, 2.05) is 5.38 Å². The fourth-order valence-electron chi connectivity index (χ4n) is 2.50. The Balaban J connectivity index is 1.64. The molecule has 0 saturated carbocycles. The van der Waals surface area contributed by atoms with Crippen LogP contribution in [-0.2, 0) is 4.79 Å². The molecule has 2 rings (SSSR count). The largest absolute Gasteiger partial charge is 0.297 e.